The molecule has 2 N–H and O–H groups in total. The number of fused-ring (bicyclic) bond motifs is 2. The van der Waals surface area contributed by atoms with Crippen LogP contribution in [0.2, 0.25) is 0 Å². The van der Waals surface area contributed by atoms with Gasteiger partial charge in [-0.15, -0.1) is 0 Å². The van der Waals surface area contributed by atoms with Crippen molar-refractivity contribution >= 4 is 17.5 Å². The van der Waals surface area contributed by atoms with Crippen molar-refractivity contribution in [3.8, 4) is 5.75 Å². The molecule has 5 rings (SSSR count). The number of hydrogen-bond acceptors (Lipinski definition) is 4. The number of para-hydroxylation sites is 2. The smallest absolute Gasteiger partial charge is 0.269 e. The van der Waals surface area contributed by atoms with Crippen LogP contribution in [-0.2, 0) is 11.3 Å². The molecule has 3 heterocycles. The average molecular weight is 402 g/mol. The summed E-state index contributed by atoms with van der Waals surface area (Å²) >= 11 is 0. The summed E-state index contributed by atoms with van der Waals surface area (Å²) < 4.78 is 7.84. The van der Waals surface area contributed by atoms with Crippen molar-refractivity contribution in [3.63, 3.8) is 0 Å². The van der Waals surface area contributed by atoms with E-state index in [1.165, 1.54) is 0 Å². The van der Waals surface area contributed by atoms with Crippen molar-refractivity contribution in [2.45, 2.75) is 24.8 Å². The first-order valence-corrected chi connectivity index (χ1v) is 10.0. The van der Waals surface area contributed by atoms with Crippen molar-refractivity contribution in [1.29, 1.82) is 0 Å². The minimum Gasteiger partial charge on any atom is -0.490 e. The second kappa shape index (κ2) is 7.02. The molecule has 7 nitrogen and oxygen atoms in total. The molecular formula is C23H22N4O3. The Bertz CT molecular complexity index is 1140. The molecule has 2 amide bonds. The van der Waals surface area contributed by atoms with Crippen LogP contribution in [0.1, 0.15) is 45.6 Å². The number of rotatable bonds is 3. The highest BCUT2D eigenvalue weighted by atomic mass is 16.5. The molecule has 2 aliphatic heterocycles. The first-order chi connectivity index (χ1) is 14.6. The predicted molar refractivity (Wildman–Crippen MR) is 112 cm³/mol. The third-order valence-electron chi connectivity index (χ3n) is 6.03. The van der Waals surface area contributed by atoms with E-state index in [4.69, 9.17) is 10.5 Å². The van der Waals surface area contributed by atoms with Gasteiger partial charge in [0.1, 0.15) is 18.3 Å². The molecule has 2 aliphatic rings. The average Bonchev–Trinajstić information content (AvgIpc) is 3.31. The van der Waals surface area contributed by atoms with Gasteiger partial charge >= 0.3 is 0 Å². The van der Waals surface area contributed by atoms with Crippen molar-refractivity contribution in [2.24, 2.45) is 5.73 Å². The van der Waals surface area contributed by atoms with E-state index >= 15 is 0 Å². The molecule has 1 aromatic heterocycles. The van der Waals surface area contributed by atoms with E-state index in [9.17, 15) is 9.59 Å². The second-order valence-corrected chi connectivity index (χ2v) is 7.72. The number of carbonyl (C=O) groups excluding carboxylic acids is 2. The molecule has 0 spiro atoms. The van der Waals surface area contributed by atoms with Gasteiger partial charge in [-0.05, 0) is 24.1 Å². The van der Waals surface area contributed by atoms with E-state index in [-0.39, 0.29) is 24.1 Å². The molecule has 2 aromatic carbocycles. The fraction of sp³-hybridized carbons (Fsp3) is 0.261. The Labute approximate surface area is 174 Å². The number of aromatic nitrogens is 2. The zero-order chi connectivity index (χ0) is 20.8. The van der Waals surface area contributed by atoms with Crippen molar-refractivity contribution in [1.82, 2.24) is 9.78 Å². The van der Waals surface area contributed by atoms with Crippen molar-refractivity contribution in [3.05, 3.63) is 77.1 Å². The zero-order valence-electron chi connectivity index (χ0n) is 16.6. The van der Waals surface area contributed by atoms with Gasteiger partial charge in [0.25, 0.3) is 5.91 Å². The van der Waals surface area contributed by atoms with E-state index in [0.29, 0.717) is 23.5 Å². The maximum Gasteiger partial charge on any atom is 0.269 e. The van der Waals surface area contributed by atoms with Crippen molar-refractivity contribution < 1.29 is 14.3 Å². The molecule has 0 radical (unpaired) electrons. The van der Waals surface area contributed by atoms with Crippen LogP contribution in [0.15, 0.2) is 54.6 Å². The van der Waals surface area contributed by atoms with Crippen LogP contribution in [0.25, 0.3) is 0 Å². The van der Waals surface area contributed by atoms with E-state index in [0.717, 1.165) is 17.7 Å². The van der Waals surface area contributed by atoms with Gasteiger partial charge in [-0.3, -0.25) is 14.3 Å². The Hall–Kier alpha value is -3.61. The molecule has 0 saturated heterocycles. The molecule has 3 aromatic rings. The Morgan fingerprint density at radius 2 is 1.83 bits per heavy atom. The number of aryl methyl sites for hydroxylation is 1. The number of carbonyl (C=O) groups is 2. The largest absolute Gasteiger partial charge is 0.490 e. The molecule has 0 fully saturated rings. The highest BCUT2D eigenvalue weighted by Crippen LogP contribution is 2.42. The minimum absolute atomic E-state index is 0.0468. The third-order valence-corrected chi connectivity index (χ3v) is 6.03. The van der Waals surface area contributed by atoms with Crippen LogP contribution < -0.4 is 15.4 Å². The summed E-state index contributed by atoms with van der Waals surface area (Å²) in [6, 6.07) is 17.5. The fourth-order valence-electron chi connectivity index (χ4n) is 4.61. The van der Waals surface area contributed by atoms with E-state index in [2.05, 4.69) is 17.2 Å². The monoisotopic (exact) mass is 402 g/mol. The number of ether oxygens (including phenoxy) is 1. The lowest BCUT2D eigenvalue weighted by atomic mass is 9.86. The Balaban J connectivity index is 1.64. The lowest BCUT2D eigenvalue weighted by Gasteiger charge is -2.21. The van der Waals surface area contributed by atoms with Gasteiger partial charge in [0.05, 0.1) is 11.4 Å². The van der Waals surface area contributed by atoms with E-state index < -0.39 is 11.8 Å². The minimum atomic E-state index is -0.669. The fourth-order valence-corrected chi connectivity index (χ4v) is 4.61. The maximum atomic E-state index is 13.5. The predicted octanol–water partition coefficient (Wildman–Crippen LogP) is 2.66. The number of amides is 2. The summed E-state index contributed by atoms with van der Waals surface area (Å²) in [6.45, 7) is 0.799. The Kier molecular flexibility index (Phi) is 4.31. The third kappa shape index (κ3) is 2.77. The summed E-state index contributed by atoms with van der Waals surface area (Å²) in [7, 11) is 1.73. The molecule has 0 aliphatic carbocycles. The molecule has 0 bridgehead atoms. The van der Waals surface area contributed by atoms with Gasteiger partial charge in [-0.1, -0.05) is 42.5 Å². The topological polar surface area (TPSA) is 90.5 Å². The highest BCUT2D eigenvalue weighted by molar-refractivity contribution is 6.02. The number of nitrogens with two attached hydrogens (primary N) is 1. The van der Waals surface area contributed by atoms with Crippen LogP contribution in [0.4, 0.5) is 5.69 Å². The van der Waals surface area contributed by atoms with Crippen molar-refractivity contribution in [2.75, 3.05) is 18.6 Å². The molecule has 30 heavy (non-hydrogen) atoms. The highest BCUT2D eigenvalue weighted by Gasteiger charge is 2.41. The first-order valence-electron chi connectivity index (χ1n) is 10.0. The normalized spacial score (nSPS) is 20.3. The summed E-state index contributed by atoms with van der Waals surface area (Å²) in [5, 5.41) is 4.50. The van der Waals surface area contributed by atoms with E-state index in [1.54, 1.807) is 11.9 Å². The maximum absolute atomic E-state index is 13.5. The SMILES string of the molecule is CN1C(=O)[C@@H](c2c(C(N)=O)nn3c2C(c2ccccc2)CC3)COc2ccccc21. The summed E-state index contributed by atoms with van der Waals surface area (Å²) in [5.74, 6) is -0.753. The second-order valence-electron chi connectivity index (χ2n) is 7.72. The standard InChI is InChI=1S/C23H22N4O3/c1-26-17-9-5-6-10-18(17)30-13-16(23(26)29)19-20(22(24)28)25-27-12-11-15(21(19)27)14-7-3-2-4-8-14/h2-10,15-16H,11-13H2,1H3,(H2,24,28)/t15?,16-/m1/s1. The number of primary amides is 1. The summed E-state index contributed by atoms with van der Waals surface area (Å²) in [5.41, 5.74) is 9.16. The van der Waals surface area contributed by atoms with Crippen LogP contribution in [0, 0.1) is 0 Å². The van der Waals surface area contributed by atoms with Crippen LogP contribution in [0.3, 0.4) is 0 Å². The van der Waals surface area contributed by atoms with Crippen LogP contribution in [-0.4, -0.2) is 35.2 Å². The number of nitrogens with zero attached hydrogens (tertiary/aromatic N) is 3. The van der Waals surface area contributed by atoms with Gasteiger partial charge in [0.2, 0.25) is 5.91 Å². The summed E-state index contributed by atoms with van der Waals surface area (Å²) in [4.78, 5) is 27.4. The Morgan fingerprint density at radius 3 is 2.60 bits per heavy atom. The number of anilines is 1. The molecule has 2 atom stereocenters. The lowest BCUT2D eigenvalue weighted by Crippen LogP contribution is -2.33. The Morgan fingerprint density at radius 1 is 1.10 bits per heavy atom. The van der Waals surface area contributed by atoms with Crippen LogP contribution in [0.5, 0.6) is 5.75 Å². The molecule has 152 valence electrons. The van der Waals surface area contributed by atoms with Gasteiger partial charge in [-0.2, -0.15) is 5.10 Å². The van der Waals surface area contributed by atoms with Gasteiger partial charge in [0.15, 0.2) is 5.69 Å². The van der Waals surface area contributed by atoms with Gasteiger partial charge < -0.3 is 15.4 Å². The zero-order valence-corrected chi connectivity index (χ0v) is 16.6. The van der Waals surface area contributed by atoms with E-state index in [1.807, 2.05) is 47.1 Å². The first kappa shape index (κ1) is 18.4. The molecular weight excluding hydrogens is 380 g/mol. The lowest BCUT2D eigenvalue weighted by molar-refractivity contribution is -0.120. The summed E-state index contributed by atoms with van der Waals surface area (Å²) in [6.07, 6.45) is 0.857. The number of hydrogen-bond donors (Lipinski definition) is 1. The van der Waals surface area contributed by atoms with Crippen LogP contribution >= 0.6 is 0 Å². The van der Waals surface area contributed by atoms with Gasteiger partial charge in [-0.25, -0.2) is 0 Å². The molecule has 1 unspecified atom stereocenters. The number of likely N-dealkylation sites (N-methyl/N-ethyl adjacent to an activating group) is 1. The number of benzene rings is 2. The van der Waals surface area contributed by atoms with Gasteiger partial charge in [0, 0.05) is 25.1 Å². The molecule has 0 saturated carbocycles. The quantitative estimate of drug-likeness (QED) is 0.729. The molecule has 7 heteroatoms.